The first kappa shape index (κ1) is 22.5. The van der Waals surface area contributed by atoms with E-state index in [0.717, 1.165) is 35.5 Å². The lowest BCUT2D eigenvalue weighted by atomic mass is 9.96. The van der Waals surface area contributed by atoms with E-state index in [1.807, 2.05) is 36.4 Å². The first-order valence-corrected chi connectivity index (χ1v) is 11.1. The Morgan fingerprint density at radius 2 is 1.79 bits per heavy atom. The first-order valence-electron chi connectivity index (χ1n) is 11.1. The van der Waals surface area contributed by atoms with Crippen LogP contribution in [0.1, 0.15) is 48.5 Å². The zero-order valence-electron chi connectivity index (χ0n) is 19.3. The highest BCUT2D eigenvalue weighted by molar-refractivity contribution is 5.71. The van der Waals surface area contributed by atoms with Gasteiger partial charge in [-0.25, -0.2) is 0 Å². The third-order valence-electron chi connectivity index (χ3n) is 6.05. The van der Waals surface area contributed by atoms with Gasteiger partial charge in [0.15, 0.2) is 0 Å². The van der Waals surface area contributed by atoms with E-state index in [4.69, 9.17) is 14.2 Å². The molecular weight excluding hydrogens is 412 g/mol. The molecule has 4 rings (SSSR count). The Balaban J connectivity index is 1.48. The number of carbonyl (C=O) groups excluding carboxylic acids is 1. The Kier molecular flexibility index (Phi) is 7.00. The van der Waals surface area contributed by atoms with E-state index in [1.165, 1.54) is 23.8 Å². The van der Waals surface area contributed by atoms with Gasteiger partial charge in [-0.05, 0) is 71.8 Å². The number of rotatable bonds is 7. The highest BCUT2D eigenvalue weighted by atomic mass is 16.5. The normalized spacial score (nSPS) is 15.1. The van der Waals surface area contributed by atoms with Gasteiger partial charge in [-0.15, -0.1) is 5.92 Å². The molecule has 0 saturated carbocycles. The molecule has 0 spiro atoms. The minimum Gasteiger partial charge on any atom is -0.497 e. The molecule has 3 aromatic carbocycles. The lowest BCUT2D eigenvalue weighted by Gasteiger charge is -2.17. The van der Waals surface area contributed by atoms with E-state index in [-0.39, 0.29) is 24.4 Å². The van der Waals surface area contributed by atoms with Crippen LogP contribution >= 0.6 is 0 Å². The Morgan fingerprint density at radius 1 is 1.00 bits per heavy atom. The summed E-state index contributed by atoms with van der Waals surface area (Å²) in [6, 6.07) is 22.6. The molecule has 1 aliphatic carbocycles. The molecule has 33 heavy (non-hydrogen) atoms. The molecular formula is C29H28O4. The molecule has 2 atom stereocenters. The molecule has 1 unspecified atom stereocenters. The SMILES string of the molecule is CC#C[C@H](CC(=O)OC)c1ccc(OC2CCc3cc(-c4cccc(OC)c4)ccc32)cc1. The summed E-state index contributed by atoms with van der Waals surface area (Å²) in [5.41, 5.74) is 5.89. The molecule has 0 bridgehead atoms. The summed E-state index contributed by atoms with van der Waals surface area (Å²) in [6.07, 6.45) is 2.21. The van der Waals surface area contributed by atoms with Crippen molar-refractivity contribution in [3.05, 3.63) is 83.4 Å². The van der Waals surface area contributed by atoms with Crippen LogP contribution < -0.4 is 9.47 Å². The molecule has 168 valence electrons. The van der Waals surface area contributed by atoms with Gasteiger partial charge < -0.3 is 14.2 Å². The van der Waals surface area contributed by atoms with Gasteiger partial charge in [0.2, 0.25) is 0 Å². The van der Waals surface area contributed by atoms with Crippen LogP contribution in [0.3, 0.4) is 0 Å². The van der Waals surface area contributed by atoms with Crippen LogP contribution in [0.5, 0.6) is 11.5 Å². The maximum absolute atomic E-state index is 11.7. The van der Waals surface area contributed by atoms with Crippen LogP contribution in [0.2, 0.25) is 0 Å². The van der Waals surface area contributed by atoms with Crippen molar-refractivity contribution in [1.29, 1.82) is 0 Å². The summed E-state index contributed by atoms with van der Waals surface area (Å²) in [4.78, 5) is 11.7. The van der Waals surface area contributed by atoms with Gasteiger partial charge >= 0.3 is 5.97 Å². The zero-order chi connectivity index (χ0) is 23.2. The summed E-state index contributed by atoms with van der Waals surface area (Å²) in [5, 5.41) is 0. The molecule has 0 saturated heterocycles. The summed E-state index contributed by atoms with van der Waals surface area (Å²) < 4.78 is 16.5. The number of aryl methyl sites for hydroxylation is 1. The molecule has 0 aliphatic heterocycles. The number of carbonyl (C=O) groups is 1. The number of benzene rings is 3. The molecule has 4 heteroatoms. The average Bonchev–Trinajstić information content (AvgIpc) is 3.26. The van der Waals surface area contributed by atoms with Crippen molar-refractivity contribution in [2.45, 2.75) is 38.2 Å². The van der Waals surface area contributed by atoms with Crippen LogP contribution in [0, 0.1) is 11.8 Å². The van der Waals surface area contributed by atoms with Crippen LogP contribution in [-0.2, 0) is 16.0 Å². The quantitative estimate of drug-likeness (QED) is 0.329. The maximum atomic E-state index is 11.7. The molecule has 0 fully saturated rings. The van der Waals surface area contributed by atoms with Crippen molar-refractivity contribution < 1.29 is 19.0 Å². The molecule has 0 radical (unpaired) electrons. The molecule has 3 aromatic rings. The number of hydrogen-bond acceptors (Lipinski definition) is 4. The predicted molar refractivity (Wildman–Crippen MR) is 129 cm³/mol. The van der Waals surface area contributed by atoms with Gasteiger partial charge in [0.1, 0.15) is 17.6 Å². The molecule has 0 aromatic heterocycles. The average molecular weight is 441 g/mol. The van der Waals surface area contributed by atoms with Crippen molar-refractivity contribution in [3.63, 3.8) is 0 Å². The predicted octanol–water partition coefficient (Wildman–Crippen LogP) is 6.10. The maximum Gasteiger partial charge on any atom is 0.307 e. The second kappa shape index (κ2) is 10.3. The number of hydrogen-bond donors (Lipinski definition) is 0. The topological polar surface area (TPSA) is 44.8 Å². The van der Waals surface area contributed by atoms with Gasteiger partial charge in [-0.3, -0.25) is 4.79 Å². The third kappa shape index (κ3) is 5.21. The number of fused-ring (bicyclic) bond motifs is 1. The van der Waals surface area contributed by atoms with Crippen molar-refractivity contribution in [1.82, 2.24) is 0 Å². The zero-order valence-corrected chi connectivity index (χ0v) is 19.3. The highest BCUT2D eigenvalue weighted by Gasteiger charge is 2.25. The van der Waals surface area contributed by atoms with Crippen molar-refractivity contribution in [2.24, 2.45) is 0 Å². The summed E-state index contributed by atoms with van der Waals surface area (Å²) in [7, 11) is 3.08. The fourth-order valence-electron chi connectivity index (χ4n) is 4.30. The first-order chi connectivity index (χ1) is 16.1. The second-order valence-corrected chi connectivity index (χ2v) is 8.09. The summed E-state index contributed by atoms with van der Waals surface area (Å²) >= 11 is 0. The Bertz CT molecular complexity index is 1180. The lowest BCUT2D eigenvalue weighted by molar-refractivity contribution is -0.140. The van der Waals surface area contributed by atoms with Crippen molar-refractivity contribution in [3.8, 4) is 34.5 Å². The Morgan fingerprint density at radius 3 is 2.52 bits per heavy atom. The summed E-state index contributed by atoms with van der Waals surface area (Å²) in [6.45, 7) is 1.78. The van der Waals surface area contributed by atoms with Crippen LogP contribution in [0.4, 0.5) is 0 Å². The fraction of sp³-hybridized carbons (Fsp3) is 0.276. The molecule has 0 heterocycles. The van der Waals surface area contributed by atoms with Crippen molar-refractivity contribution in [2.75, 3.05) is 14.2 Å². The van der Waals surface area contributed by atoms with Gasteiger partial charge in [0.05, 0.1) is 26.6 Å². The minimum atomic E-state index is -0.265. The second-order valence-electron chi connectivity index (χ2n) is 8.09. The molecule has 1 aliphatic rings. The minimum absolute atomic E-state index is 0.0338. The fourth-order valence-corrected chi connectivity index (χ4v) is 4.30. The van der Waals surface area contributed by atoms with E-state index in [2.05, 4.69) is 42.2 Å². The van der Waals surface area contributed by atoms with E-state index >= 15 is 0 Å². The largest absolute Gasteiger partial charge is 0.497 e. The number of ether oxygens (including phenoxy) is 3. The van der Waals surface area contributed by atoms with E-state index in [1.54, 1.807) is 14.0 Å². The molecule has 4 nitrogen and oxygen atoms in total. The van der Waals surface area contributed by atoms with Gasteiger partial charge in [0, 0.05) is 0 Å². The Hall–Kier alpha value is -3.71. The van der Waals surface area contributed by atoms with Gasteiger partial charge in [-0.1, -0.05) is 48.4 Å². The molecule has 0 N–H and O–H groups in total. The number of methoxy groups -OCH3 is 2. The van der Waals surface area contributed by atoms with E-state index < -0.39 is 0 Å². The van der Waals surface area contributed by atoms with Crippen molar-refractivity contribution >= 4 is 5.97 Å². The van der Waals surface area contributed by atoms with Crippen LogP contribution in [-0.4, -0.2) is 20.2 Å². The smallest absolute Gasteiger partial charge is 0.307 e. The lowest BCUT2D eigenvalue weighted by Crippen LogP contribution is -2.08. The standard InChI is InChI=1S/C29H28O4/c1-4-6-21(19-29(30)32-3)20-9-13-25(14-10-20)33-28-16-12-24-17-23(11-15-27(24)28)22-7-5-8-26(18-22)31-2/h5,7-11,13-15,17-18,21,28H,12,16,19H2,1-3H3/t21-,28?/m1/s1. The van der Waals surface area contributed by atoms with Crippen LogP contribution in [0.15, 0.2) is 66.7 Å². The monoisotopic (exact) mass is 440 g/mol. The summed E-state index contributed by atoms with van der Waals surface area (Å²) in [5.74, 6) is 7.23. The molecule has 0 amide bonds. The third-order valence-corrected chi connectivity index (χ3v) is 6.05. The van der Waals surface area contributed by atoms with Crippen LogP contribution in [0.25, 0.3) is 11.1 Å². The van der Waals surface area contributed by atoms with E-state index in [9.17, 15) is 4.79 Å². The Labute approximate surface area is 195 Å². The highest BCUT2D eigenvalue weighted by Crippen LogP contribution is 2.38. The van der Waals surface area contributed by atoms with Gasteiger partial charge in [0.25, 0.3) is 0 Å². The van der Waals surface area contributed by atoms with Gasteiger partial charge in [-0.2, -0.15) is 0 Å². The van der Waals surface area contributed by atoms with E-state index in [0.29, 0.717) is 0 Å². The number of esters is 1.